The fourth-order valence-electron chi connectivity index (χ4n) is 2.09. The quantitative estimate of drug-likeness (QED) is 0.399. The molecule has 1 heterocycles. The summed E-state index contributed by atoms with van der Waals surface area (Å²) in [7, 11) is 0. The molecule has 1 atom stereocenters. The van der Waals surface area contributed by atoms with Crippen molar-refractivity contribution in [3.8, 4) is 5.75 Å². The number of carboxylic acids is 1. The molecule has 25 heavy (non-hydrogen) atoms. The maximum Gasteiger partial charge on any atom is 0.305 e. The van der Waals surface area contributed by atoms with Gasteiger partial charge in [0, 0.05) is 0 Å². The number of carbonyl (C=O) groups is 2. The van der Waals surface area contributed by atoms with Crippen LogP contribution in [-0.2, 0) is 9.59 Å². The van der Waals surface area contributed by atoms with Crippen molar-refractivity contribution in [3.05, 3.63) is 29.8 Å². The Bertz CT molecular complexity index is 658. The topological polar surface area (TPSA) is 100 Å². The largest absolute Gasteiger partial charge is 0.494 e. The van der Waals surface area contributed by atoms with Crippen LogP contribution in [-0.4, -0.2) is 40.2 Å². The minimum absolute atomic E-state index is 0.237. The average molecular weight is 363 g/mol. The summed E-state index contributed by atoms with van der Waals surface area (Å²) in [5, 5.41) is 18.7. The zero-order valence-electron chi connectivity index (χ0n) is 14.0. The first kappa shape index (κ1) is 19.0. The molecule has 0 saturated carbocycles. The van der Waals surface area contributed by atoms with E-state index in [0.717, 1.165) is 42.3 Å². The van der Waals surface area contributed by atoms with Gasteiger partial charge in [0.15, 0.2) is 5.17 Å². The number of ether oxygens (including phenoxy) is 1. The van der Waals surface area contributed by atoms with Crippen LogP contribution in [0.2, 0.25) is 0 Å². The highest BCUT2D eigenvalue weighted by Gasteiger charge is 2.32. The van der Waals surface area contributed by atoms with Crippen LogP contribution in [0.5, 0.6) is 5.75 Å². The zero-order chi connectivity index (χ0) is 18.1. The zero-order valence-corrected chi connectivity index (χ0v) is 14.8. The second-order valence-corrected chi connectivity index (χ2v) is 6.66. The molecule has 134 valence electrons. The van der Waals surface area contributed by atoms with E-state index in [1.165, 1.54) is 0 Å². The highest BCUT2D eigenvalue weighted by Crippen LogP contribution is 2.22. The third-order valence-electron chi connectivity index (χ3n) is 3.39. The molecular weight excluding hydrogens is 342 g/mol. The second kappa shape index (κ2) is 9.83. The number of rotatable bonds is 9. The van der Waals surface area contributed by atoms with Crippen LogP contribution in [0, 0.1) is 0 Å². The number of thioether (sulfide) groups is 1. The first-order chi connectivity index (χ1) is 12.1. The standard InChI is InChI=1S/C17H21N3O4S/c1-2-3-4-9-24-13-7-5-12(6-8-13)11-18-20-17-19-16(23)14(25-17)10-15(21)22/h5-8,11,14H,2-4,9-10H2,1H3,(H,21,22)(H,19,20,23). The van der Waals surface area contributed by atoms with Crippen molar-refractivity contribution in [3.63, 3.8) is 0 Å². The fraction of sp³-hybridized carbons (Fsp3) is 0.412. The van der Waals surface area contributed by atoms with E-state index in [0.29, 0.717) is 11.8 Å². The lowest BCUT2D eigenvalue weighted by Crippen LogP contribution is -2.26. The molecule has 0 bridgehead atoms. The average Bonchev–Trinajstić information content (AvgIpc) is 2.92. The molecule has 1 saturated heterocycles. The van der Waals surface area contributed by atoms with E-state index < -0.39 is 11.2 Å². The van der Waals surface area contributed by atoms with Gasteiger partial charge in [0.1, 0.15) is 11.0 Å². The van der Waals surface area contributed by atoms with Crippen LogP contribution in [0.3, 0.4) is 0 Å². The number of benzene rings is 1. The lowest BCUT2D eigenvalue weighted by atomic mass is 10.2. The van der Waals surface area contributed by atoms with Crippen molar-refractivity contribution < 1.29 is 19.4 Å². The number of hydrogen-bond donors (Lipinski definition) is 2. The molecule has 0 aliphatic carbocycles. The Balaban J connectivity index is 1.83. The van der Waals surface area contributed by atoms with Gasteiger partial charge in [0.2, 0.25) is 5.91 Å². The number of nitrogens with zero attached hydrogens (tertiary/aromatic N) is 2. The molecule has 1 aliphatic heterocycles. The van der Waals surface area contributed by atoms with Crippen molar-refractivity contribution in [2.75, 3.05) is 6.61 Å². The minimum atomic E-state index is -1.02. The van der Waals surface area contributed by atoms with Gasteiger partial charge in [-0.1, -0.05) is 31.5 Å². The number of hydrogen-bond acceptors (Lipinski definition) is 6. The number of amidine groups is 1. The summed E-state index contributed by atoms with van der Waals surface area (Å²) in [6.45, 7) is 2.86. The summed E-state index contributed by atoms with van der Waals surface area (Å²) in [4.78, 5) is 22.2. The summed E-state index contributed by atoms with van der Waals surface area (Å²) >= 11 is 1.07. The molecule has 0 aromatic heterocycles. The van der Waals surface area contributed by atoms with E-state index in [9.17, 15) is 9.59 Å². The normalized spacial score (nSPS) is 18.7. The van der Waals surface area contributed by atoms with Crippen molar-refractivity contribution >= 4 is 35.0 Å². The fourth-order valence-corrected chi connectivity index (χ4v) is 3.00. The van der Waals surface area contributed by atoms with Crippen LogP contribution >= 0.6 is 11.8 Å². The van der Waals surface area contributed by atoms with Gasteiger partial charge >= 0.3 is 5.97 Å². The summed E-state index contributed by atoms with van der Waals surface area (Å²) in [5.41, 5.74) is 0.849. The van der Waals surface area contributed by atoms with Crippen molar-refractivity contribution in [2.45, 2.75) is 37.9 Å². The van der Waals surface area contributed by atoms with Gasteiger partial charge in [0.05, 0.1) is 19.2 Å². The maximum absolute atomic E-state index is 11.6. The molecule has 1 unspecified atom stereocenters. The number of carboxylic acid groups (broad SMARTS) is 1. The first-order valence-corrected chi connectivity index (χ1v) is 8.99. The van der Waals surface area contributed by atoms with Gasteiger partial charge in [-0.3, -0.25) is 9.59 Å². The maximum atomic E-state index is 11.6. The molecule has 2 rings (SSSR count). The Morgan fingerprint density at radius 3 is 2.80 bits per heavy atom. The number of amides is 1. The molecule has 0 spiro atoms. The monoisotopic (exact) mass is 363 g/mol. The van der Waals surface area contributed by atoms with E-state index in [1.807, 2.05) is 24.3 Å². The molecule has 1 aliphatic rings. The molecule has 8 heteroatoms. The van der Waals surface area contributed by atoms with Crippen LogP contribution < -0.4 is 10.1 Å². The van der Waals surface area contributed by atoms with Crippen molar-refractivity contribution in [1.29, 1.82) is 0 Å². The highest BCUT2D eigenvalue weighted by molar-refractivity contribution is 8.15. The van der Waals surface area contributed by atoms with E-state index in [1.54, 1.807) is 6.21 Å². The van der Waals surface area contributed by atoms with Crippen LogP contribution in [0.15, 0.2) is 34.5 Å². The molecule has 1 amide bonds. The Kier molecular flexibility index (Phi) is 7.46. The summed E-state index contributed by atoms with van der Waals surface area (Å²) < 4.78 is 5.63. The van der Waals surface area contributed by atoms with Crippen LogP contribution in [0.25, 0.3) is 0 Å². The summed E-state index contributed by atoms with van der Waals surface area (Å²) in [5.74, 6) is -0.560. The molecule has 1 fully saturated rings. The molecular formula is C17H21N3O4S. The van der Waals surface area contributed by atoms with E-state index in [2.05, 4.69) is 22.4 Å². The number of nitrogens with one attached hydrogen (secondary N) is 1. The van der Waals surface area contributed by atoms with Crippen molar-refractivity contribution in [2.24, 2.45) is 10.2 Å². The smallest absolute Gasteiger partial charge is 0.305 e. The predicted molar refractivity (Wildman–Crippen MR) is 98.3 cm³/mol. The predicted octanol–water partition coefficient (Wildman–Crippen LogP) is 2.65. The molecule has 1 aromatic carbocycles. The van der Waals surface area contributed by atoms with Gasteiger partial charge < -0.3 is 15.2 Å². The first-order valence-electron chi connectivity index (χ1n) is 8.11. The van der Waals surface area contributed by atoms with Gasteiger partial charge in [-0.2, -0.15) is 5.10 Å². The third-order valence-corrected chi connectivity index (χ3v) is 4.46. The third kappa shape index (κ3) is 6.58. The lowest BCUT2D eigenvalue weighted by Gasteiger charge is -2.05. The highest BCUT2D eigenvalue weighted by atomic mass is 32.2. The molecule has 0 radical (unpaired) electrons. The summed E-state index contributed by atoms with van der Waals surface area (Å²) in [6.07, 6.45) is 4.69. The Hall–Kier alpha value is -2.35. The van der Waals surface area contributed by atoms with E-state index >= 15 is 0 Å². The molecule has 1 aromatic rings. The number of unbranched alkanes of at least 4 members (excludes halogenated alkanes) is 2. The SMILES string of the molecule is CCCCCOc1ccc(C=NN=C2NC(=O)C(CC(=O)O)S2)cc1. The number of aliphatic carboxylic acids is 1. The van der Waals surface area contributed by atoms with Gasteiger partial charge in [0.25, 0.3) is 0 Å². The van der Waals surface area contributed by atoms with Gasteiger partial charge in [-0.05, 0) is 36.2 Å². The Labute approximate surface area is 150 Å². The molecule has 2 N–H and O–H groups in total. The lowest BCUT2D eigenvalue weighted by molar-refractivity contribution is -0.138. The molecule has 7 nitrogen and oxygen atoms in total. The van der Waals surface area contributed by atoms with Gasteiger partial charge in [-0.15, -0.1) is 5.10 Å². The minimum Gasteiger partial charge on any atom is -0.494 e. The van der Waals surface area contributed by atoms with Gasteiger partial charge in [-0.25, -0.2) is 0 Å². The summed E-state index contributed by atoms with van der Waals surface area (Å²) in [6, 6.07) is 7.48. The van der Waals surface area contributed by atoms with Crippen LogP contribution in [0.4, 0.5) is 0 Å². The Morgan fingerprint density at radius 2 is 2.12 bits per heavy atom. The van der Waals surface area contributed by atoms with E-state index in [-0.39, 0.29) is 12.3 Å². The second-order valence-electron chi connectivity index (χ2n) is 5.47. The van der Waals surface area contributed by atoms with Crippen LogP contribution in [0.1, 0.15) is 38.2 Å². The number of carbonyl (C=O) groups excluding carboxylic acids is 1. The van der Waals surface area contributed by atoms with E-state index in [4.69, 9.17) is 9.84 Å². The van der Waals surface area contributed by atoms with Crippen molar-refractivity contribution in [1.82, 2.24) is 5.32 Å². The Morgan fingerprint density at radius 1 is 1.36 bits per heavy atom.